The van der Waals surface area contributed by atoms with Crippen LogP contribution in [-0.2, 0) is 9.47 Å². The van der Waals surface area contributed by atoms with Crippen molar-refractivity contribution in [1.82, 2.24) is 0 Å². The molecule has 4 heterocycles. The monoisotopic (exact) mass is 512 g/mol. The molecule has 2 aliphatic heterocycles. The van der Waals surface area contributed by atoms with Crippen molar-refractivity contribution in [2.24, 2.45) is 0 Å². The third kappa shape index (κ3) is 5.01. The molecule has 34 heavy (non-hydrogen) atoms. The Morgan fingerprint density at radius 2 is 1.00 bits per heavy atom. The smallest absolute Gasteiger partial charge is 0.147 e. The molecule has 0 saturated carbocycles. The predicted octanol–water partition coefficient (Wildman–Crippen LogP) is -2.65. The largest absolute Gasteiger partial charge is 0.394 e. The maximum atomic E-state index is 10.1. The van der Waals surface area contributed by atoms with Crippen molar-refractivity contribution in [3.05, 3.63) is 21.9 Å². The highest BCUT2D eigenvalue weighted by Gasteiger charge is 2.43. The Labute approximate surface area is 202 Å². The van der Waals surface area contributed by atoms with Crippen LogP contribution in [0, 0.1) is 23.7 Å². The van der Waals surface area contributed by atoms with Crippen molar-refractivity contribution in [2.75, 3.05) is 13.2 Å². The zero-order valence-electron chi connectivity index (χ0n) is 17.6. The van der Waals surface area contributed by atoms with Gasteiger partial charge in [-0.2, -0.15) is 0 Å². The molecule has 10 atom stereocenters. The Hall–Kier alpha value is -1.62. The Balaban J connectivity index is 1.47. The number of rotatable bonds is 2. The summed E-state index contributed by atoms with van der Waals surface area (Å²) < 4.78 is 12.5. The fourth-order valence-corrected chi connectivity index (χ4v) is 5.80. The van der Waals surface area contributed by atoms with Gasteiger partial charge in [-0.3, -0.25) is 0 Å². The Morgan fingerprint density at radius 1 is 0.618 bits per heavy atom. The van der Waals surface area contributed by atoms with Gasteiger partial charge < -0.3 is 50.3 Å². The van der Waals surface area contributed by atoms with Gasteiger partial charge in [0.2, 0.25) is 0 Å². The van der Waals surface area contributed by atoms with Crippen LogP contribution in [0.3, 0.4) is 0 Å². The first-order valence-electron chi connectivity index (χ1n) is 10.4. The molecule has 0 bridgehead atoms. The van der Waals surface area contributed by atoms with E-state index in [1.165, 1.54) is 22.7 Å². The molecule has 184 valence electrons. The number of aliphatic hydroxyl groups excluding tert-OH is 8. The van der Waals surface area contributed by atoms with Gasteiger partial charge in [0, 0.05) is 9.40 Å². The maximum absolute atomic E-state index is 10.1. The highest BCUT2D eigenvalue weighted by molar-refractivity contribution is 7.28. The SMILES string of the molecule is OC[C@H]1O[C@H](C#Cc2cc3sc(C#C[C@H]4O[C@H](CO)[C@@H](O)[C@H](O)[C@@H]4O)cc3s2)[C@@H](O)[C@@H](O)[C@@H]1O. The maximum Gasteiger partial charge on any atom is 0.147 e. The lowest BCUT2D eigenvalue weighted by Gasteiger charge is -2.37. The first-order valence-corrected chi connectivity index (χ1v) is 12.0. The number of fused-ring (bicyclic) bond motifs is 1. The Morgan fingerprint density at radius 3 is 1.35 bits per heavy atom. The minimum Gasteiger partial charge on any atom is -0.394 e. The van der Waals surface area contributed by atoms with Crippen LogP contribution in [0.2, 0.25) is 0 Å². The molecule has 10 nitrogen and oxygen atoms in total. The molecule has 2 fully saturated rings. The average Bonchev–Trinajstić information content (AvgIpc) is 3.38. The molecule has 2 aliphatic rings. The normalized spacial score (nSPS) is 38.1. The lowest BCUT2D eigenvalue weighted by molar-refractivity contribution is -0.214. The molecule has 0 spiro atoms. The second-order valence-electron chi connectivity index (χ2n) is 7.99. The van der Waals surface area contributed by atoms with Crippen LogP contribution < -0.4 is 0 Å². The van der Waals surface area contributed by atoms with E-state index in [4.69, 9.17) is 9.47 Å². The summed E-state index contributed by atoms with van der Waals surface area (Å²) in [5, 5.41) is 78.1. The van der Waals surface area contributed by atoms with E-state index in [1.54, 1.807) is 0 Å². The molecule has 12 heteroatoms. The van der Waals surface area contributed by atoms with E-state index in [0.29, 0.717) is 9.75 Å². The van der Waals surface area contributed by atoms with E-state index < -0.39 is 74.3 Å². The third-order valence-electron chi connectivity index (χ3n) is 5.67. The van der Waals surface area contributed by atoms with Gasteiger partial charge >= 0.3 is 0 Å². The topological polar surface area (TPSA) is 180 Å². The molecule has 2 saturated heterocycles. The van der Waals surface area contributed by atoms with Gasteiger partial charge in [-0.25, -0.2) is 0 Å². The van der Waals surface area contributed by atoms with Crippen LogP contribution in [-0.4, -0.2) is 115 Å². The summed E-state index contributed by atoms with van der Waals surface area (Å²) in [4.78, 5) is 1.35. The quantitative estimate of drug-likeness (QED) is 0.198. The standard InChI is InChI=1S/C22H24O10S2/c23-7-13-19(27)21(29)17(25)11(31-13)3-1-9-5-15-16(33-9)6-10(34-15)2-4-12-18(26)22(30)20(28)14(8-24)32-12/h5-6,11-14,17-30H,7-8H2/t11-,12-,13-,14-,17-,18-,19-,20-,21-,22-/m1/s1. The zero-order chi connectivity index (χ0) is 24.6. The first kappa shape index (κ1) is 25.5. The molecule has 2 aromatic rings. The summed E-state index contributed by atoms with van der Waals surface area (Å²) in [5.74, 6) is 11.2. The molecular formula is C22H24O10S2. The summed E-state index contributed by atoms with van der Waals surface area (Å²) in [6, 6.07) is 3.64. The van der Waals surface area contributed by atoms with E-state index in [2.05, 4.69) is 23.7 Å². The second kappa shape index (κ2) is 10.6. The van der Waals surface area contributed by atoms with Crippen LogP contribution in [0.15, 0.2) is 12.1 Å². The second-order valence-corrected chi connectivity index (χ2v) is 10.2. The van der Waals surface area contributed by atoms with E-state index in [9.17, 15) is 40.9 Å². The zero-order valence-corrected chi connectivity index (χ0v) is 19.2. The molecule has 0 unspecified atom stereocenters. The van der Waals surface area contributed by atoms with Crippen molar-refractivity contribution in [1.29, 1.82) is 0 Å². The fourth-order valence-electron chi connectivity index (χ4n) is 3.69. The molecule has 0 aromatic carbocycles. The Kier molecular flexibility index (Phi) is 7.91. The van der Waals surface area contributed by atoms with E-state index >= 15 is 0 Å². The molecule has 0 radical (unpaired) electrons. The fraction of sp³-hybridized carbons (Fsp3) is 0.545. The van der Waals surface area contributed by atoms with Crippen molar-refractivity contribution in [3.63, 3.8) is 0 Å². The summed E-state index contributed by atoms with van der Waals surface area (Å²) in [6.45, 7) is -1.05. The number of thiophene rings is 2. The highest BCUT2D eigenvalue weighted by Crippen LogP contribution is 2.33. The highest BCUT2D eigenvalue weighted by atomic mass is 32.1. The van der Waals surface area contributed by atoms with Crippen molar-refractivity contribution >= 4 is 32.1 Å². The molecule has 0 aliphatic carbocycles. The molecule has 8 N–H and O–H groups in total. The van der Waals surface area contributed by atoms with Crippen LogP contribution in [0.1, 0.15) is 9.75 Å². The molecular weight excluding hydrogens is 488 g/mol. The third-order valence-corrected chi connectivity index (χ3v) is 7.79. The number of hydrogen-bond donors (Lipinski definition) is 8. The minimum atomic E-state index is -1.48. The summed E-state index contributed by atoms with van der Waals surface area (Å²) >= 11 is 2.73. The van der Waals surface area contributed by atoms with Crippen LogP contribution in [0.4, 0.5) is 0 Å². The summed E-state index contributed by atoms with van der Waals surface area (Å²) in [7, 11) is 0. The van der Waals surface area contributed by atoms with Crippen molar-refractivity contribution in [2.45, 2.75) is 61.0 Å². The predicted molar refractivity (Wildman–Crippen MR) is 121 cm³/mol. The van der Waals surface area contributed by atoms with Crippen LogP contribution in [0.5, 0.6) is 0 Å². The van der Waals surface area contributed by atoms with Crippen molar-refractivity contribution in [3.8, 4) is 23.7 Å². The van der Waals surface area contributed by atoms with E-state index in [-0.39, 0.29) is 0 Å². The average molecular weight is 513 g/mol. The first-order chi connectivity index (χ1) is 16.2. The van der Waals surface area contributed by atoms with Crippen LogP contribution >= 0.6 is 22.7 Å². The van der Waals surface area contributed by atoms with E-state index in [1.807, 2.05) is 12.1 Å². The Bertz CT molecular complexity index is 1000. The molecule has 4 rings (SSSR count). The van der Waals surface area contributed by atoms with Gasteiger partial charge in [-0.1, -0.05) is 23.7 Å². The lowest BCUT2D eigenvalue weighted by atomic mass is 9.95. The lowest BCUT2D eigenvalue weighted by Crippen LogP contribution is -2.58. The summed E-state index contributed by atoms with van der Waals surface area (Å²) in [5.41, 5.74) is 0. The number of ether oxygens (including phenoxy) is 2. The van der Waals surface area contributed by atoms with Gasteiger partial charge in [0.1, 0.15) is 61.0 Å². The summed E-state index contributed by atoms with van der Waals surface area (Å²) in [6.07, 6.45) is -12.9. The van der Waals surface area contributed by atoms with Gasteiger partial charge in [-0.05, 0) is 12.1 Å². The van der Waals surface area contributed by atoms with Gasteiger partial charge in [-0.15, -0.1) is 22.7 Å². The molecule has 0 amide bonds. The van der Waals surface area contributed by atoms with E-state index in [0.717, 1.165) is 9.40 Å². The van der Waals surface area contributed by atoms with Crippen LogP contribution in [0.25, 0.3) is 9.40 Å². The van der Waals surface area contributed by atoms with Gasteiger partial charge in [0.15, 0.2) is 0 Å². The molecule has 2 aromatic heterocycles. The van der Waals surface area contributed by atoms with Gasteiger partial charge in [0.25, 0.3) is 0 Å². The minimum absolute atomic E-state index is 0.523. The number of hydrogen-bond acceptors (Lipinski definition) is 12. The van der Waals surface area contributed by atoms with Gasteiger partial charge in [0.05, 0.1) is 23.0 Å². The van der Waals surface area contributed by atoms with Crippen molar-refractivity contribution < 1.29 is 50.3 Å². The number of aliphatic hydroxyl groups is 8.